The molecule has 0 fully saturated rings. The molecule has 1 aromatic heterocycles. The monoisotopic (exact) mass is 244 g/mol. The summed E-state index contributed by atoms with van der Waals surface area (Å²) in [7, 11) is 0. The van der Waals surface area contributed by atoms with Gasteiger partial charge in [-0.2, -0.15) is 0 Å². The van der Waals surface area contributed by atoms with E-state index < -0.39 is 0 Å². The van der Waals surface area contributed by atoms with Crippen LogP contribution in [0.3, 0.4) is 0 Å². The molecule has 4 heteroatoms. The first-order valence-electron chi connectivity index (χ1n) is 4.30. The van der Waals surface area contributed by atoms with Crippen LogP contribution in [0.25, 0.3) is 0 Å². The Hall–Kier alpha value is -0.770. The van der Waals surface area contributed by atoms with Gasteiger partial charge in [0.1, 0.15) is 0 Å². The molecule has 72 valence electrons. The van der Waals surface area contributed by atoms with Crippen molar-refractivity contribution >= 4 is 21.6 Å². The third-order valence-corrected chi connectivity index (χ3v) is 2.38. The number of aromatic nitrogens is 1. The molecule has 0 amide bonds. The number of hydrogen-bond acceptors (Lipinski definition) is 2. The van der Waals surface area contributed by atoms with E-state index in [4.69, 9.17) is 5.73 Å². The number of rotatable bonds is 3. The van der Waals surface area contributed by atoms with Gasteiger partial charge in [0, 0.05) is 18.4 Å². The highest BCUT2D eigenvalue weighted by molar-refractivity contribution is 9.10. The third kappa shape index (κ3) is 2.59. The highest BCUT2D eigenvalue weighted by atomic mass is 79.9. The second-order valence-electron chi connectivity index (χ2n) is 2.97. The van der Waals surface area contributed by atoms with E-state index >= 15 is 0 Å². The Bertz CT molecular complexity index is 346. The van der Waals surface area contributed by atoms with E-state index in [1.54, 1.807) is 16.8 Å². The lowest BCUT2D eigenvalue weighted by Gasteiger charge is -2.05. The molecule has 0 radical (unpaired) electrons. The summed E-state index contributed by atoms with van der Waals surface area (Å²) < 4.78 is 2.17. The lowest BCUT2D eigenvalue weighted by Crippen LogP contribution is -2.20. The van der Waals surface area contributed by atoms with Gasteiger partial charge in [0.05, 0.1) is 4.47 Å². The Kier molecular flexibility index (Phi) is 3.54. The zero-order valence-electron chi connectivity index (χ0n) is 7.59. The molecule has 0 aliphatic rings. The summed E-state index contributed by atoms with van der Waals surface area (Å²) >= 11 is 3.18. The van der Waals surface area contributed by atoms with Gasteiger partial charge >= 0.3 is 0 Å². The molecule has 0 aromatic carbocycles. The maximum absolute atomic E-state index is 11.5. The Morgan fingerprint density at radius 3 is 2.92 bits per heavy atom. The summed E-state index contributed by atoms with van der Waals surface area (Å²) in [4.78, 5) is 11.5. The average molecular weight is 245 g/mol. The highest BCUT2D eigenvalue weighted by Crippen LogP contribution is 2.08. The van der Waals surface area contributed by atoms with Crippen LogP contribution >= 0.6 is 15.9 Å². The molecule has 1 aromatic rings. The summed E-state index contributed by atoms with van der Waals surface area (Å²) in [5.41, 5.74) is 6.21. The minimum Gasteiger partial charge on any atom is -0.398 e. The lowest BCUT2D eigenvalue weighted by molar-refractivity contribution is 0.612. The summed E-state index contributed by atoms with van der Waals surface area (Å²) in [6, 6.07) is 1.63. The molecule has 2 N–H and O–H groups in total. The maximum atomic E-state index is 11.5. The van der Waals surface area contributed by atoms with Crippen LogP contribution < -0.4 is 11.3 Å². The molecule has 1 heterocycles. The second kappa shape index (κ2) is 4.46. The van der Waals surface area contributed by atoms with E-state index in [0.29, 0.717) is 10.2 Å². The Morgan fingerprint density at radius 1 is 1.62 bits per heavy atom. The van der Waals surface area contributed by atoms with E-state index in [9.17, 15) is 4.79 Å². The first-order chi connectivity index (χ1) is 6.15. The summed E-state index contributed by atoms with van der Waals surface area (Å²) in [5, 5.41) is 0. The molecule has 0 saturated carbocycles. The van der Waals surface area contributed by atoms with Crippen molar-refractivity contribution in [2.45, 2.75) is 26.3 Å². The van der Waals surface area contributed by atoms with Crippen molar-refractivity contribution in [3.63, 3.8) is 0 Å². The van der Waals surface area contributed by atoms with Gasteiger partial charge < -0.3 is 10.3 Å². The van der Waals surface area contributed by atoms with Gasteiger partial charge in [-0.05, 0) is 28.4 Å². The SMILES string of the molecule is CCCCn1cc(N)cc(Br)c1=O. The van der Waals surface area contributed by atoms with Crippen molar-refractivity contribution in [2.24, 2.45) is 0 Å². The third-order valence-electron chi connectivity index (χ3n) is 1.82. The number of anilines is 1. The van der Waals surface area contributed by atoms with Crippen molar-refractivity contribution in [2.75, 3.05) is 5.73 Å². The molecule has 0 aliphatic carbocycles. The lowest BCUT2D eigenvalue weighted by atomic mass is 10.3. The Labute approximate surface area is 85.7 Å². The summed E-state index contributed by atoms with van der Waals surface area (Å²) in [6.07, 6.45) is 3.75. The van der Waals surface area contributed by atoms with Crippen molar-refractivity contribution < 1.29 is 0 Å². The predicted molar refractivity (Wildman–Crippen MR) is 57.7 cm³/mol. The van der Waals surface area contributed by atoms with Crippen molar-refractivity contribution in [1.82, 2.24) is 4.57 Å². The number of aryl methyl sites for hydroxylation is 1. The molecular formula is C9H13BrN2O. The van der Waals surface area contributed by atoms with Crippen LogP contribution in [-0.2, 0) is 6.54 Å². The number of halogens is 1. The largest absolute Gasteiger partial charge is 0.398 e. The van der Waals surface area contributed by atoms with Crippen LogP contribution in [0.15, 0.2) is 21.5 Å². The van der Waals surface area contributed by atoms with E-state index in [2.05, 4.69) is 22.9 Å². The van der Waals surface area contributed by atoms with Crippen LogP contribution in [0.4, 0.5) is 5.69 Å². The molecule has 13 heavy (non-hydrogen) atoms. The van der Waals surface area contributed by atoms with Gasteiger partial charge in [-0.15, -0.1) is 0 Å². The molecule has 1 rings (SSSR count). The normalized spacial score (nSPS) is 10.3. The minimum atomic E-state index is -0.0114. The Morgan fingerprint density at radius 2 is 2.31 bits per heavy atom. The molecule has 0 unspecified atom stereocenters. The predicted octanol–water partition coefficient (Wildman–Crippen LogP) is 1.99. The number of nitrogens with two attached hydrogens (primary N) is 1. The van der Waals surface area contributed by atoms with Gasteiger partial charge in [-0.25, -0.2) is 0 Å². The van der Waals surface area contributed by atoms with Crippen LogP contribution in [0.1, 0.15) is 19.8 Å². The maximum Gasteiger partial charge on any atom is 0.264 e. The second-order valence-corrected chi connectivity index (χ2v) is 3.83. The van der Waals surface area contributed by atoms with Crippen LogP contribution in [0.5, 0.6) is 0 Å². The summed E-state index contributed by atoms with van der Waals surface area (Å²) in [5.74, 6) is 0. The smallest absolute Gasteiger partial charge is 0.264 e. The summed E-state index contributed by atoms with van der Waals surface area (Å²) in [6.45, 7) is 2.82. The number of unbranched alkanes of at least 4 members (excludes halogenated alkanes) is 1. The fourth-order valence-corrected chi connectivity index (χ4v) is 1.61. The fourth-order valence-electron chi connectivity index (χ4n) is 1.12. The first-order valence-corrected chi connectivity index (χ1v) is 5.10. The van der Waals surface area contributed by atoms with E-state index in [0.717, 1.165) is 19.4 Å². The van der Waals surface area contributed by atoms with Crippen molar-refractivity contribution in [1.29, 1.82) is 0 Å². The molecule has 0 bridgehead atoms. The number of pyridine rings is 1. The van der Waals surface area contributed by atoms with Gasteiger partial charge in [0.2, 0.25) is 0 Å². The van der Waals surface area contributed by atoms with Crippen molar-refractivity contribution in [3.05, 3.63) is 27.1 Å². The van der Waals surface area contributed by atoms with Crippen molar-refractivity contribution in [3.8, 4) is 0 Å². The Balaban J connectivity index is 2.99. The van der Waals surface area contributed by atoms with Gasteiger partial charge in [-0.3, -0.25) is 4.79 Å². The molecule has 0 atom stereocenters. The first kappa shape index (κ1) is 10.3. The minimum absolute atomic E-state index is 0.0114. The quantitative estimate of drug-likeness (QED) is 0.885. The van der Waals surface area contributed by atoms with Crippen LogP contribution in [-0.4, -0.2) is 4.57 Å². The molecule has 0 aliphatic heterocycles. The standard InChI is InChI=1S/C9H13BrN2O/c1-2-3-4-12-6-7(11)5-8(10)9(12)13/h5-6H,2-4,11H2,1H3. The van der Waals surface area contributed by atoms with E-state index in [1.165, 1.54) is 0 Å². The topological polar surface area (TPSA) is 48.0 Å². The molecule has 3 nitrogen and oxygen atoms in total. The zero-order chi connectivity index (χ0) is 9.84. The van der Waals surface area contributed by atoms with Gasteiger partial charge in [0.25, 0.3) is 5.56 Å². The number of hydrogen-bond donors (Lipinski definition) is 1. The van der Waals surface area contributed by atoms with Gasteiger partial charge in [0.15, 0.2) is 0 Å². The van der Waals surface area contributed by atoms with Gasteiger partial charge in [-0.1, -0.05) is 13.3 Å². The molecular weight excluding hydrogens is 232 g/mol. The molecule has 0 spiro atoms. The fraction of sp³-hybridized carbons (Fsp3) is 0.444. The van der Waals surface area contributed by atoms with E-state index in [1.807, 2.05) is 0 Å². The highest BCUT2D eigenvalue weighted by Gasteiger charge is 2.01. The zero-order valence-corrected chi connectivity index (χ0v) is 9.17. The molecule has 0 saturated heterocycles. The average Bonchev–Trinajstić information content (AvgIpc) is 2.09. The van der Waals surface area contributed by atoms with E-state index in [-0.39, 0.29) is 5.56 Å². The van der Waals surface area contributed by atoms with Crippen LogP contribution in [0.2, 0.25) is 0 Å². The van der Waals surface area contributed by atoms with Crippen LogP contribution in [0, 0.1) is 0 Å². The number of nitrogen functional groups attached to an aromatic ring is 1. The number of nitrogens with zero attached hydrogens (tertiary/aromatic N) is 1.